The molecule has 1 aliphatic heterocycles. The standard InChI is InChI=1S/C28H32ClF3N4O2S/c1-18-14-22(3-2-19(18)16-33)34-20-4-7-24(8-5-20)38-17-27(37)36-12-10-21(11-13-36)35-23-6-9-26(25(29)15-23)39-28(30,31)32/h2-3,6,9,14-15,20-21,24,34-35H,4-5,7-8,10-13,17H2,1H3. The molecular formula is C28H32ClF3N4O2S. The van der Waals surface area contributed by atoms with E-state index in [4.69, 9.17) is 21.6 Å². The van der Waals surface area contributed by atoms with E-state index in [1.807, 2.05) is 30.0 Å². The molecule has 2 aliphatic rings. The summed E-state index contributed by atoms with van der Waals surface area (Å²) in [4.78, 5) is 14.5. The third-order valence-corrected chi connectivity index (χ3v) is 8.44. The number of halogens is 4. The van der Waals surface area contributed by atoms with Gasteiger partial charge in [-0.1, -0.05) is 11.6 Å². The van der Waals surface area contributed by atoms with Crippen molar-refractivity contribution in [1.29, 1.82) is 5.26 Å². The van der Waals surface area contributed by atoms with Crippen molar-refractivity contribution in [2.45, 2.75) is 74.0 Å². The van der Waals surface area contributed by atoms with Crippen molar-refractivity contribution in [1.82, 2.24) is 4.90 Å². The van der Waals surface area contributed by atoms with E-state index in [9.17, 15) is 18.0 Å². The number of alkyl halides is 3. The SMILES string of the molecule is Cc1cc(NC2CCC(OCC(=O)N3CCC(Nc4ccc(SC(F)(F)F)c(Cl)c4)CC3)CC2)ccc1C#N. The zero-order chi connectivity index (χ0) is 28.0. The van der Waals surface area contributed by atoms with Crippen LogP contribution in [-0.4, -0.2) is 54.2 Å². The fourth-order valence-corrected chi connectivity index (χ4v) is 5.91. The van der Waals surface area contributed by atoms with Gasteiger partial charge in [-0.05, 0) is 99.2 Å². The number of hydrogen-bond acceptors (Lipinski definition) is 6. The van der Waals surface area contributed by atoms with Crippen LogP contribution in [0, 0.1) is 18.3 Å². The first-order valence-corrected chi connectivity index (χ1v) is 14.3. The van der Waals surface area contributed by atoms with Crippen molar-refractivity contribution in [3.05, 3.63) is 52.5 Å². The highest BCUT2D eigenvalue weighted by atomic mass is 35.5. The first-order chi connectivity index (χ1) is 18.6. The van der Waals surface area contributed by atoms with Crippen LogP contribution in [-0.2, 0) is 9.53 Å². The predicted octanol–water partition coefficient (Wildman–Crippen LogP) is 6.97. The van der Waals surface area contributed by atoms with E-state index in [0.717, 1.165) is 49.8 Å². The molecule has 2 aromatic rings. The van der Waals surface area contributed by atoms with Crippen LogP contribution in [0.2, 0.25) is 5.02 Å². The highest BCUT2D eigenvalue weighted by molar-refractivity contribution is 8.00. The van der Waals surface area contributed by atoms with E-state index < -0.39 is 5.51 Å². The van der Waals surface area contributed by atoms with E-state index in [0.29, 0.717) is 30.4 Å². The first-order valence-electron chi connectivity index (χ1n) is 13.1. The average Bonchev–Trinajstić information content (AvgIpc) is 2.89. The fourth-order valence-electron chi connectivity index (χ4n) is 5.08. The number of nitrogens with one attached hydrogen (secondary N) is 2. The van der Waals surface area contributed by atoms with Crippen LogP contribution in [0.1, 0.15) is 49.7 Å². The molecule has 0 unspecified atom stereocenters. The van der Waals surface area contributed by atoms with Crippen LogP contribution < -0.4 is 10.6 Å². The lowest BCUT2D eigenvalue weighted by Crippen LogP contribution is -2.44. The van der Waals surface area contributed by atoms with Crippen LogP contribution >= 0.6 is 23.4 Å². The number of nitrogens with zero attached hydrogens (tertiary/aromatic N) is 2. The van der Waals surface area contributed by atoms with Crippen LogP contribution in [0.5, 0.6) is 0 Å². The lowest BCUT2D eigenvalue weighted by Gasteiger charge is -2.34. The quantitative estimate of drug-likeness (QED) is 0.328. The van der Waals surface area contributed by atoms with Gasteiger partial charge in [-0.3, -0.25) is 4.79 Å². The molecule has 6 nitrogen and oxygen atoms in total. The second kappa shape index (κ2) is 13.2. The van der Waals surface area contributed by atoms with Crippen LogP contribution in [0.4, 0.5) is 24.5 Å². The smallest absolute Gasteiger partial charge is 0.382 e. The van der Waals surface area contributed by atoms with Crippen molar-refractivity contribution in [3.8, 4) is 6.07 Å². The Morgan fingerprint density at radius 2 is 1.67 bits per heavy atom. The topological polar surface area (TPSA) is 77.4 Å². The Bertz CT molecular complexity index is 1190. The molecule has 0 spiro atoms. The van der Waals surface area contributed by atoms with Gasteiger partial charge in [-0.2, -0.15) is 18.4 Å². The summed E-state index contributed by atoms with van der Waals surface area (Å²) >= 11 is 5.81. The van der Waals surface area contributed by atoms with Gasteiger partial charge in [0, 0.05) is 41.4 Å². The molecule has 0 radical (unpaired) electrons. The number of aryl methyl sites for hydroxylation is 1. The predicted molar refractivity (Wildman–Crippen MR) is 148 cm³/mol. The number of rotatable bonds is 8. The summed E-state index contributed by atoms with van der Waals surface area (Å²) in [6.07, 6.45) is 5.20. The highest BCUT2D eigenvalue weighted by Crippen LogP contribution is 2.41. The number of carbonyl (C=O) groups is 1. The second-order valence-corrected chi connectivity index (χ2v) is 11.6. The molecular weight excluding hydrogens is 549 g/mol. The van der Waals surface area contributed by atoms with Crippen molar-refractivity contribution in [2.75, 3.05) is 30.3 Å². The van der Waals surface area contributed by atoms with Gasteiger partial charge in [0.25, 0.3) is 0 Å². The van der Waals surface area contributed by atoms with E-state index in [1.54, 1.807) is 6.07 Å². The third kappa shape index (κ3) is 8.69. The molecule has 0 bridgehead atoms. The van der Waals surface area contributed by atoms with Crippen molar-refractivity contribution >= 4 is 40.6 Å². The maximum Gasteiger partial charge on any atom is 0.446 e. The summed E-state index contributed by atoms with van der Waals surface area (Å²) < 4.78 is 43.8. The van der Waals surface area contributed by atoms with E-state index in [1.165, 1.54) is 12.1 Å². The van der Waals surface area contributed by atoms with Gasteiger partial charge in [-0.25, -0.2) is 0 Å². The lowest BCUT2D eigenvalue weighted by molar-refractivity contribution is -0.139. The number of nitriles is 1. The molecule has 39 heavy (non-hydrogen) atoms. The molecule has 11 heteroatoms. The van der Waals surface area contributed by atoms with E-state index in [-0.39, 0.29) is 46.3 Å². The average molecular weight is 581 g/mol. The van der Waals surface area contributed by atoms with Gasteiger partial charge in [0.05, 0.1) is 22.8 Å². The summed E-state index contributed by atoms with van der Waals surface area (Å²) in [5.41, 5.74) is -1.06. The zero-order valence-electron chi connectivity index (χ0n) is 21.7. The van der Waals surface area contributed by atoms with Crippen molar-refractivity contribution < 1.29 is 22.7 Å². The number of hydrogen-bond donors (Lipinski definition) is 2. The summed E-state index contributed by atoms with van der Waals surface area (Å²) in [7, 11) is 0. The maximum atomic E-state index is 12.7. The lowest BCUT2D eigenvalue weighted by atomic mass is 9.92. The Labute approximate surface area is 236 Å². The minimum absolute atomic E-state index is 0.0154. The number of thioether (sulfide) groups is 1. The summed E-state index contributed by atoms with van der Waals surface area (Å²) in [6.45, 7) is 3.19. The maximum absolute atomic E-state index is 12.7. The molecule has 2 aromatic carbocycles. The van der Waals surface area contributed by atoms with Crippen molar-refractivity contribution in [3.63, 3.8) is 0 Å². The monoisotopic (exact) mass is 580 g/mol. The van der Waals surface area contributed by atoms with Gasteiger partial charge in [0.1, 0.15) is 6.61 Å². The first kappa shape index (κ1) is 29.4. The summed E-state index contributed by atoms with van der Waals surface area (Å²) in [5.74, 6) is -0.0154. The third-order valence-electron chi connectivity index (χ3n) is 7.21. The Kier molecular flexibility index (Phi) is 9.91. The van der Waals surface area contributed by atoms with Gasteiger partial charge in [0.2, 0.25) is 5.91 Å². The fraction of sp³-hybridized carbons (Fsp3) is 0.500. The molecule has 4 rings (SSSR count). The second-order valence-electron chi connectivity index (χ2n) is 10.1. The summed E-state index contributed by atoms with van der Waals surface area (Å²) in [6, 6.07) is 12.9. The molecule has 2 N–H and O–H groups in total. The minimum Gasteiger partial charge on any atom is -0.382 e. The van der Waals surface area contributed by atoms with Crippen LogP contribution in [0.15, 0.2) is 41.3 Å². The molecule has 2 fully saturated rings. The molecule has 0 atom stereocenters. The summed E-state index contributed by atoms with van der Waals surface area (Å²) in [5, 5.41) is 16.0. The molecule has 1 saturated carbocycles. The number of amides is 1. The van der Waals surface area contributed by atoms with Gasteiger partial charge in [-0.15, -0.1) is 0 Å². The molecule has 1 saturated heterocycles. The molecule has 0 aromatic heterocycles. The van der Waals surface area contributed by atoms with Crippen molar-refractivity contribution in [2.24, 2.45) is 0 Å². The molecule has 210 valence electrons. The molecule has 1 amide bonds. The number of benzene rings is 2. The minimum atomic E-state index is -4.38. The number of likely N-dealkylation sites (tertiary alicyclic amines) is 1. The number of carbonyl (C=O) groups excluding carboxylic acids is 1. The zero-order valence-corrected chi connectivity index (χ0v) is 23.3. The Morgan fingerprint density at radius 1 is 1.05 bits per heavy atom. The molecule has 1 aliphatic carbocycles. The normalized spacial score (nSPS) is 20.4. The van der Waals surface area contributed by atoms with E-state index in [2.05, 4.69) is 16.7 Å². The number of piperidine rings is 1. The van der Waals surface area contributed by atoms with Gasteiger partial charge >= 0.3 is 5.51 Å². The Balaban J connectivity index is 1.14. The van der Waals surface area contributed by atoms with E-state index >= 15 is 0 Å². The van der Waals surface area contributed by atoms with Gasteiger partial charge in [0.15, 0.2) is 0 Å². The van der Waals surface area contributed by atoms with Crippen LogP contribution in [0.3, 0.4) is 0 Å². The Hall–Kier alpha value is -2.61. The van der Waals surface area contributed by atoms with Gasteiger partial charge < -0.3 is 20.3 Å². The highest BCUT2D eigenvalue weighted by Gasteiger charge is 2.30. The number of ether oxygens (including phenoxy) is 1. The number of anilines is 2. The largest absolute Gasteiger partial charge is 0.446 e. The molecule has 1 heterocycles. The Morgan fingerprint density at radius 3 is 2.26 bits per heavy atom. The van der Waals surface area contributed by atoms with Crippen LogP contribution in [0.25, 0.3) is 0 Å².